The summed E-state index contributed by atoms with van der Waals surface area (Å²) in [7, 11) is 0. The lowest BCUT2D eigenvalue weighted by molar-refractivity contribution is 0.252. The van der Waals surface area contributed by atoms with E-state index in [1.807, 2.05) is 43.3 Å². The van der Waals surface area contributed by atoms with Crippen molar-refractivity contribution in [2.45, 2.75) is 26.7 Å². The third-order valence-electron chi connectivity index (χ3n) is 3.38. The molecule has 0 saturated carbocycles. The minimum atomic E-state index is -0.357. The lowest BCUT2D eigenvalue weighted by atomic mass is 10.0. The highest BCUT2D eigenvalue weighted by molar-refractivity contribution is 5.91. The molecule has 0 spiro atoms. The molecule has 2 rings (SSSR count). The van der Waals surface area contributed by atoms with Crippen molar-refractivity contribution < 1.29 is 4.79 Å². The molecule has 0 fully saturated rings. The van der Waals surface area contributed by atoms with Crippen LogP contribution in [0.15, 0.2) is 53.6 Å². The highest BCUT2D eigenvalue weighted by atomic mass is 16.2. The van der Waals surface area contributed by atoms with E-state index in [1.165, 1.54) is 5.56 Å². The maximum atomic E-state index is 11.8. The van der Waals surface area contributed by atoms with Crippen LogP contribution in [0, 0.1) is 6.92 Å². The second-order valence-corrected chi connectivity index (χ2v) is 5.46. The first-order valence-electron chi connectivity index (χ1n) is 7.32. The van der Waals surface area contributed by atoms with E-state index >= 15 is 0 Å². The van der Waals surface area contributed by atoms with Gasteiger partial charge in [0.2, 0.25) is 0 Å². The Hall–Kier alpha value is -2.62. The van der Waals surface area contributed by atoms with Gasteiger partial charge in [-0.25, -0.2) is 10.2 Å². The number of aryl methyl sites for hydroxylation is 1. The molecule has 2 aromatic carbocycles. The zero-order chi connectivity index (χ0) is 15.9. The Balaban J connectivity index is 1.89. The smallest absolute Gasteiger partial charge is 0.306 e. The van der Waals surface area contributed by atoms with Crippen LogP contribution in [0.4, 0.5) is 10.5 Å². The van der Waals surface area contributed by atoms with Gasteiger partial charge in [0.25, 0.3) is 0 Å². The maximum absolute atomic E-state index is 11.8. The number of urea groups is 1. The fourth-order valence-electron chi connectivity index (χ4n) is 2.00. The van der Waals surface area contributed by atoms with Crippen molar-refractivity contribution in [1.82, 2.24) is 5.43 Å². The van der Waals surface area contributed by atoms with Crippen LogP contribution in [-0.2, 0) is 0 Å². The average Bonchev–Trinajstić information content (AvgIpc) is 2.50. The maximum Gasteiger partial charge on any atom is 0.339 e. The van der Waals surface area contributed by atoms with Crippen molar-refractivity contribution in [3.63, 3.8) is 0 Å². The first-order valence-corrected chi connectivity index (χ1v) is 7.32. The number of hydrogen-bond donors (Lipinski definition) is 2. The van der Waals surface area contributed by atoms with E-state index in [-0.39, 0.29) is 6.03 Å². The normalized spacial score (nSPS) is 10.9. The van der Waals surface area contributed by atoms with Gasteiger partial charge in [0, 0.05) is 5.69 Å². The molecule has 2 amide bonds. The number of hydrazone groups is 1. The van der Waals surface area contributed by atoms with Crippen LogP contribution in [-0.4, -0.2) is 12.2 Å². The monoisotopic (exact) mass is 295 g/mol. The fourth-order valence-corrected chi connectivity index (χ4v) is 2.00. The summed E-state index contributed by atoms with van der Waals surface area (Å²) in [4.78, 5) is 11.8. The number of para-hydroxylation sites is 1. The second-order valence-electron chi connectivity index (χ2n) is 5.46. The van der Waals surface area contributed by atoms with Crippen LogP contribution in [0.3, 0.4) is 0 Å². The van der Waals surface area contributed by atoms with Crippen LogP contribution in [0.1, 0.15) is 36.5 Å². The molecule has 2 N–H and O–H groups in total. The third-order valence-corrected chi connectivity index (χ3v) is 3.38. The summed E-state index contributed by atoms with van der Waals surface area (Å²) in [6.45, 7) is 6.25. The first-order chi connectivity index (χ1) is 10.6. The van der Waals surface area contributed by atoms with Gasteiger partial charge >= 0.3 is 6.03 Å². The van der Waals surface area contributed by atoms with Gasteiger partial charge in [-0.3, -0.25) is 0 Å². The zero-order valence-electron chi connectivity index (χ0n) is 13.1. The van der Waals surface area contributed by atoms with E-state index < -0.39 is 0 Å². The van der Waals surface area contributed by atoms with Crippen molar-refractivity contribution in [2.75, 3.05) is 5.32 Å². The highest BCUT2D eigenvalue weighted by Gasteiger charge is 2.02. The van der Waals surface area contributed by atoms with Crippen molar-refractivity contribution in [3.05, 3.63) is 65.2 Å². The number of carbonyl (C=O) groups excluding carboxylic acids is 1. The number of rotatable bonds is 4. The summed E-state index contributed by atoms with van der Waals surface area (Å²) in [6, 6.07) is 15.3. The van der Waals surface area contributed by atoms with Gasteiger partial charge in [0.1, 0.15) is 0 Å². The Labute approximate surface area is 131 Å². The molecule has 0 aliphatic rings. The van der Waals surface area contributed by atoms with Crippen LogP contribution < -0.4 is 10.7 Å². The highest BCUT2D eigenvalue weighted by Crippen LogP contribution is 2.14. The molecular weight excluding hydrogens is 274 g/mol. The summed E-state index contributed by atoms with van der Waals surface area (Å²) in [5.41, 5.74) is 6.47. The number of amides is 2. The van der Waals surface area contributed by atoms with Crippen molar-refractivity contribution in [3.8, 4) is 0 Å². The van der Waals surface area contributed by atoms with Gasteiger partial charge in [0.05, 0.1) is 6.21 Å². The molecule has 0 unspecified atom stereocenters. The molecule has 2 aromatic rings. The second kappa shape index (κ2) is 7.41. The van der Waals surface area contributed by atoms with Crippen LogP contribution >= 0.6 is 0 Å². The van der Waals surface area contributed by atoms with Gasteiger partial charge in [-0.05, 0) is 35.6 Å². The van der Waals surface area contributed by atoms with E-state index in [2.05, 4.69) is 41.8 Å². The lowest BCUT2D eigenvalue weighted by Gasteiger charge is -2.07. The van der Waals surface area contributed by atoms with Gasteiger partial charge in [-0.2, -0.15) is 5.10 Å². The largest absolute Gasteiger partial charge is 0.339 e. The molecule has 114 valence electrons. The van der Waals surface area contributed by atoms with Gasteiger partial charge in [-0.1, -0.05) is 56.3 Å². The topological polar surface area (TPSA) is 53.5 Å². The van der Waals surface area contributed by atoms with Gasteiger partial charge in [-0.15, -0.1) is 0 Å². The van der Waals surface area contributed by atoms with Crippen molar-refractivity contribution in [2.24, 2.45) is 5.10 Å². The summed E-state index contributed by atoms with van der Waals surface area (Å²) in [5, 5.41) is 6.71. The standard InChI is InChI=1S/C18H21N3O/c1-13(2)16-10-8-15(9-11-16)12-19-21-18(22)20-17-7-5-4-6-14(17)3/h4-13H,1-3H3,(H2,20,21,22)/b19-12-. The molecule has 22 heavy (non-hydrogen) atoms. The predicted octanol–water partition coefficient (Wildman–Crippen LogP) is 4.27. The average molecular weight is 295 g/mol. The number of hydrogen-bond acceptors (Lipinski definition) is 2. The minimum absolute atomic E-state index is 0.357. The van der Waals surface area contributed by atoms with E-state index in [0.29, 0.717) is 5.92 Å². The number of benzene rings is 2. The number of anilines is 1. The van der Waals surface area contributed by atoms with Crippen LogP contribution in [0.5, 0.6) is 0 Å². The Morgan fingerprint density at radius 3 is 2.41 bits per heavy atom. The van der Waals surface area contributed by atoms with Crippen molar-refractivity contribution >= 4 is 17.9 Å². The minimum Gasteiger partial charge on any atom is -0.306 e. The van der Waals surface area contributed by atoms with E-state index in [4.69, 9.17) is 0 Å². The molecule has 0 saturated heterocycles. The third kappa shape index (κ3) is 4.45. The Bertz CT molecular complexity index is 660. The number of carbonyl (C=O) groups is 1. The summed E-state index contributed by atoms with van der Waals surface area (Å²) in [6.07, 6.45) is 1.63. The summed E-state index contributed by atoms with van der Waals surface area (Å²) >= 11 is 0. The summed E-state index contributed by atoms with van der Waals surface area (Å²) < 4.78 is 0. The number of nitrogens with zero attached hydrogens (tertiary/aromatic N) is 1. The summed E-state index contributed by atoms with van der Waals surface area (Å²) in [5.74, 6) is 0.504. The molecule has 0 aliphatic heterocycles. The SMILES string of the molecule is Cc1ccccc1NC(=O)N/N=C\c1ccc(C(C)C)cc1. The van der Waals surface area contributed by atoms with E-state index in [1.54, 1.807) is 6.21 Å². The fraction of sp³-hybridized carbons (Fsp3) is 0.222. The first kappa shape index (κ1) is 15.8. The zero-order valence-corrected chi connectivity index (χ0v) is 13.1. The molecule has 0 bridgehead atoms. The lowest BCUT2D eigenvalue weighted by Crippen LogP contribution is -2.24. The molecule has 4 nitrogen and oxygen atoms in total. The molecule has 0 aliphatic carbocycles. The van der Waals surface area contributed by atoms with Gasteiger partial charge < -0.3 is 5.32 Å². The van der Waals surface area contributed by atoms with E-state index in [0.717, 1.165) is 16.8 Å². The Morgan fingerprint density at radius 2 is 1.77 bits per heavy atom. The predicted molar refractivity (Wildman–Crippen MR) is 91.5 cm³/mol. The molecule has 0 atom stereocenters. The van der Waals surface area contributed by atoms with Crippen LogP contribution in [0.2, 0.25) is 0 Å². The molecular formula is C18H21N3O. The molecule has 0 heterocycles. The quantitative estimate of drug-likeness (QED) is 0.642. The van der Waals surface area contributed by atoms with E-state index in [9.17, 15) is 4.79 Å². The molecule has 0 aromatic heterocycles. The molecule has 0 radical (unpaired) electrons. The number of nitrogens with one attached hydrogen (secondary N) is 2. The Kier molecular flexibility index (Phi) is 5.31. The Morgan fingerprint density at radius 1 is 1.09 bits per heavy atom. The van der Waals surface area contributed by atoms with Crippen molar-refractivity contribution in [1.29, 1.82) is 0 Å². The molecule has 4 heteroatoms. The van der Waals surface area contributed by atoms with Crippen LogP contribution in [0.25, 0.3) is 0 Å². The van der Waals surface area contributed by atoms with Gasteiger partial charge in [0.15, 0.2) is 0 Å².